The van der Waals surface area contributed by atoms with E-state index in [2.05, 4.69) is 46.6 Å². The largest absolute Gasteiger partial charge is 0.491 e. The first kappa shape index (κ1) is 18.7. The molecule has 2 N–H and O–H groups in total. The fourth-order valence-electron chi connectivity index (χ4n) is 2.85. The Bertz CT molecular complexity index is 900. The molecular weight excluding hydrogens is 336 g/mol. The van der Waals surface area contributed by atoms with Crippen molar-refractivity contribution in [2.45, 2.75) is 40.7 Å². The van der Waals surface area contributed by atoms with Gasteiger partial charge in [0.15, 0.2) is 0 Å². The van der Waals surface area contributed by atoms with Crippen molar-refractivity contribution in [3.05, 3.63) is 65.4 Å². The lowest BCUT2D eigenvalue weighted by atomic mass is 10.1. The van der Waals surface area contributed by atoms with Gasteiger partial charge in [0.1, 0.15) is 11.6 Å². The zero-order valence-corrected chi connectivity index (χ0v) is 16.5. The van der Waals surface area contributed by atoms with E-state index in [1.165, 1.54) is 0 Å². The number of ether oxygens (including phenoxy) is 1. The van der Waals surface area contributed by atoms with Gasteiger partial charge in [-0.05, 0) is 70.0 Å². The number of aryl methyl sites for hydroxylation is 3. The first-order valence-electron chi connectivity index (χ1n) is 9.13. The van der Waals surface area contributed by atoms with Gasteiger partial charge in [-0.25, -0.2) is 4.98 Å². The maximum Gasteiger partial charge on any atom is 0.229 e. The van der Waals surface area contributed by atoms with Gasteiger partial charge in [-0.15, -0.1) is 0 Å². The molecule has 0 bridgehead atoms. The lowest BCUT2D eigenvalue weighted by molar-refractivity contribution is 0.242. The van der Waals surface area contributed by atoms with E-state index in [1.54, 1.807) is 0 Å². The Kier molecular flexibility index (Phi) is 5.60. The number of aromatic nitrogens is 2. The van der Waals surface area contributed by atoms with E-state index < -0.39 is 0 Å². The highest BCUT2D eigenvalue weighted by Crippen LogP contribution is 2.25. The van der Waals surface area contributed by atoms with E-state index in [-0.39, 0.29) is 6.10 Å². The van der Waals surface area contributed by atoms with E-state index in [0.29, 0.717) is 5.95 Å². The van der Waals surface area contributed by atoms with Gasteiger partial charge in [0, 0.05) is 23.1 Å². The normalized spacial score (nSPS) is 10.7. The van der Waals surface area contributed by atoms with Crippen LogP contribution in [-0.2, 0) is 0 Å². The Hall–Kier alpha value is -3.08. The lowest BCUT2D eigenvalue weighted by Gasteiger charge is -2.14. The summed E-state index contributed by atoms with van der Waals surface area (Å²) in [4.78, 5) is 9.13. The minimum atomic E-state index is 0.159. The van der Waals surface area contributed by atoms with Crippen LogP contribution < -0.4 is 15.4 Å². The Balaban J connectivity index is 1.79. The standard InChI is InChI=1S/C22H26N4O/c1-14(2)27-19-11-9-18(10-12-19)24-20-13-17(5)23-22(25-20)26-21-15(3)7-6-8-16(21)4/h6-14H,1-5H3,(H2,23,24,25,26). The van der Waals surface area contributed by atoms with Gasteiger partial charge in [-0.2, -0.15) is 4.98 Å². The van der Waals surface area contributed by atoms with E-state index in [9.17, 15) is 0 Å². The fraction of sp³-hybridized carbons (Fsp3) is 0.273. The third kappa shape index (κ3) is 4.97. The molecule has 3 aromatic rings. The molecule has 0 aliphatic carbocycles. The van der Waals surface area contributed by atoms with Crippen LogP contribution in [0.3, 0.4) is 0 Å². The summed E-state index contributed by atoms with van der Waals surface area (Å²) in [7, 11) is 0. The molecule has 0 unspecified atom stereocenters. The van der Waals surface area contributed by atoms with Crippen LogP contribution in [-0.4, -0.2) is 16.1 Å². The molecule has 0 amide bonds. The highest BCUT2D eigenvalue weighted by Gasteiger charge is 2.07. The van der Waals surface area contributed by atoms with Crippen molar-refractivity contribution in [3.63, 3.8) is 0 Å². The molecule has 5 nitrogen and oxygen atoms in total. The molecule has 0 aliphatic heterocycles. The van der Waals surface area contributed by atoms with E-state index in [1.807, 2.05) is 57.2 Å². The number of anilines is 4. The minimum Gasteiger partial charge on any atom is -0.491 e. The van der Waals surface area contributed by atoms with Crippen LogP contribution in [0.25, 0.3) is 0 Å². The summed E-state index contributed by atoms with van der Waals surface area (Å²) in [6.45, 7) is 10.1. The predicted octanol–water partition coefficient (Wildman–Crippen LogP) is 5.68. The van der Waals surface area contributed by atoms with E-state index in [4.69, 9.17) is 4.74 Å². The molecule has 5 heteroatoms. The molecule has 0 atom stereocenters. The molecule has 140 valence electrons. The zero-order chi connectivity index (χ0) is 19.4. The summed E-state index contributed by atoms with van der Waals surface area (Å²) in [5.74, 6) is 2.18. The zero-order valence-electron chi connectivity index (χ0n) is 16.5. The summed E-state index contributed by atoms with van der Waals surface area (Å²) < 4.78 is 5.68. The smallest absolute Gasteiger partial charge is 0.229 e. The van der Waals surface area contributed by atoms with Gasteiger partial charge in [0.05, 0.1) is 6.10 Å². The van der Waals surface area contributed by atoms with Crippen molar-refractivity contribution in [3.8, 4) is 5.75 Å². The molecule has 3 rings (SSSR count). The van der Waals surface area contributed by atoms with E-state index >= 15 is 0 Å². The third-order valence-electron chi connectivity index (χ3n) is 4.07. The SMILES string of the molecule is Cc1cc(Nc2ccc(OC(C)C)cc2)nc(Nc2c(C)cccc2C)n1. The molecule has 27 heavy (non-hydrogen) atoms. The summed E-state index contributed by atoms with van der Waals surface area (Å²) in [5, 5.41) is 6.69. The van der Waals surface area contributed by atoms with Gasteiger partial charge in [-0.3, -0.25) is 0 Å². The predicted molar refractivity (Wildman–Crippen MR) is 111 cm³/mol. The molecule has 2 aromatic carbocycles. The first-order valence-corrected chi connectivity index (χ1v) is 9.13. The van der Waals surface area contributed by atoms with Crippen molar-refractivity contribution in [1.29, 1.82) is 0 Å². The molecular formula is C22H26N4O. The average molecular weight is 362 g/mol. The van der Waals surface area contributed by atoms with Crippen molar-refractivity contribution >= 4 is 23.1 Å². The number of hydrogen-bond donors (Lipinski definition) is 2. The second-order valence-corrected chi connectivity index (χ2v) is 6.93. The Morgan fingerprint density at radius 2 is 1.52 bits per heavy atom. The first-order chi connectivity index (χ1) is 12.9. The second-order valence-electron chi connectivity index (χ2n) is 6.93. The Morgan fingerprint density at radius 1 is 0.852 bits per heavy atom. The summed E-state index contributed by atoms with van der Waals surface area (Å²) in [5.41, 5.74) is 5.21. The molecule has 0 fully saturated rings. The Labute approximate surface area is 160 Å². The number of nitrogens with one attached hydrogen (secondary N) is 2. The van der Waals surface area contributed by atoms with Crippen LogP contribution in [0.5, 0.6) is 5.75 Å². The highest BCUT2D eigenvalue weighted by atomic mass is 16.5. The summed E-state index contributed by atoms with van der Waals surface area (Å²) in [6, 6.07) is 16.0. The van der Waals surface area contributed by atoms with Crippen molar-refractivity contribution in [2.75, 3.05) is 10.6 Å². The van der Waals surface area contributed by atoms with Gasteiger partial charge in [0.25, 0.3) is 0 Å². The average Bonchev–Trinajstić information content (AvgIpc) is 2.59. The summed E-state index contributed by atoms with van der Waals surface area (Å²) in [6.07, 6.45) is 0.159. The monoisotopic (exact) mass is 362 g/mol. The molecule has 0 saturated heterocycles. The maximum absolute atomic E-state index is 5.68. The van der Waals surface area contributed by atoms with Crippen LogP contribution in [0.4, 0.5) is 23.1 Å². The van der Waals surface area contributed by atoms with Gasteiger partial charge in [-0.1, -0.05) is 18.2 Å². The van der Waals surface area contributed by atoms with Crippen LogP contribution in [0.2, 0.25) is 0 Å². The quantitative estimate of drug-likeness (QED) is 0.591. The van der Waals surface area contributed by atoms with Crippen molar-refractivity contribution < 1.29 is 4.74 Å². The minimum absolute atomic E-state index is 0.159. The van der Waals surface area contributed by atoms with E-state index in [0.717, 1.165) is 39.8 Å². The van der Waals surface area contributed by atoms with Gasteiger partial charge < -0.3 is 15.4 Å². The van der Waals surface area contributed by atoms with Crippen LogP contribution in [0, 0.1) is 20.8 Å². The second kappa shape index (κ2) is 8.08. The van der Waals surface area contributed by atoms with Gasteiger partial charge in [0.2, 0.25) is 5.95 Å². The Morgan fingerprint density at radius 3 is 2.15 bits per heavy atom. The topological polar surface area (TPSA) is 59.1 Å². The van der Waals surface area contributed by atoms with Crippen LogP contribution in [0.1, 0.15) is 30.7 Å². The summed E-state index contributed by atoms with van der Waals surface area (Å²) >= 11 is 0. The molecule has 1 aromatic heterocycles. The number of benzene rings is 2. The number of nitrogens with zero attached hydrogens (tertiary/aromatic N) is 2. The molecule has 1 heterocycles. The third-order valence-corrected chi connectivity index (χ3v) is 4.07. The number of hydrogen-bond acceptors (Lipinski definition) is 5. The van der Waals surface area contributed by atoms with Crippen LogP contribution >= 0.6 is 0 Å². The van der Waals surface area contributed by atoms with Crippen molar-refractivity contribution in [2.24, 2.45) is 0 Å². The highest BCUT2D eigenvalue weighted by molar-refractivity contribution is 5.65. The molecule has 0 spiro atoms. The maximum atomic E-state index is 5.68. The van der Waals surface area contributed by atoms with Gasteiger partial charge >= 0.3 is 0 Å². The molecule has 0 saturated carbocycles. The molecule has 0 radical (unpaired) electrons. The number of para-hydroxylation sites is 1. The number of rotatable bonds is 6. The molecule has 0 aliphatic rings. The lowest BCUT2D eigenvalue weighted by Crippen LogP contribution is -2.05. The van der Waals surface area contributed by atoms with Crippen LogP contribution in [0.15, 0.2) is 48.5 Å². The van der Waals surface area contributed by atoms with Crippen molar-refractivity contribution in [1.82, 2.24) is 9.97 Å². The fourth-order valence-corrected chi connectivity index (χ4v) is 2.85.